The Hall–Kier alpha value is -3.07. The van der Waals surface area contributed by atoms with E-state index in [1.54, 1.807) is 29.2 Å². The summed E-state index contributed by atoms with van der Waals surface area (Å²) in [5.74, 6) is 0.892. The Morgan fingerprint density at radius 3 is 2.64 bits per heavy atom. The van der Waals surface area contributed by atoms with E-state index >= 15 is 0 Å². The van der Waals surface area contributed by atoms with Gasteiger partial charge in [0.05, 0.1) is 27.9 Å². The van der Waals surface area contributed by atoms with Crippen LogP contribution in [0.4, 0.5) is 5.69 Å². The van der Waals surface area contributed by atoms with Gasteiger partial charge in [0.25, 0.3) is 11.6 Å². The van der Waals surface area contributed by atoms with E-state index in [1.165, 1.54) is 12.1 Å². The second-order valence-electron chi connectivity index (χ2n) is 6.23. The Kier molecular flexibility index (Phi) is 3.57. The molecule has 1 fully saturated rings. The third kappa shape index (κ3) is 2.78. The van der Waals surface area contributed by atoms with Gasteiger partial charge in [-0.25, -0.2) is 4.68 Å². The van der Waals surface area contributed by atoms with Gasteiger partial charge in [-0.1, -0.05) is 18.0 Å². The van der Waals surface area contributed by atoms with Crippen molar-refractivity contribution in [3.05, 3.63) is 52.6 Å². The van der Waals surface area contributed by atoms with Crippen molar-refractivity contribution in [3.8, 4) is 17.1 Å². The fourth-order valence-electron chi connectivity index (χ4n) is 3.07. The van der Waals surface area contributed by atoms with E-state index < -0.39 is 10.5 Å². The molecule has 0 atom stereocenters. The Labute approximate surface area is 142 Å². The molecule has 0 unspecified atom stereocenters. The van der Waals surface area contributed by atoms with E-state index in [1.807, 2.05) is 0 Å². The molecule has 9 heteroatoms. The fraction of sp³-hybridized carbons (Fsp3) is 0.312. The van der Waals surface area contributed by atoms with Gasteiger partial charge in [-0.15, -0.1) is 0 Å². The van der Waals surface area contributed by atoms with Gasteiger partial charge in [0.2, 0.25) is 0 Å². The van der Waals surface area contributed by atoms with Crippen molar-refractivity contribution in [2.45, 2.75) is 31.2 Å². The Balaban J connectivity index is 1.59. The number of benzene rings is 1. The van der Waals surface area contributed by atoms with Crippen molar-refractivity contribution in [2.24, 2.45) is 5.73 Å². The zero-order chi connectivity index (χ0) is 17.4. The molecular formula is C16H16N6O3. The molecule has 0 amide bonds. The Morgan fingerprint density at radius 1 is 1.24 bits per heavy atom. The van der Waals surface area contributed by atoms with Crippen LogP contribution in [-0.2, 0) is 5.54 Å². The van der Waals surface area contributed by atoms with Gasteiger partial charge in [-0.2, -0.15) is 10.1 Å². The molecule has 0 aliphatic heterocycles. The quantitative estimate of drug-likeness (QED) is 0.571. The minimum atomic E-state index is -0.504. The molecule has 0 spiro atoms. The number of hydrogen-bond acceptors (Lipinski definition) is 7. The van der Waals surface area contributed by atoms with Crippen LogP contribution in [0.3, 0.4) is 0 Å². The smallest absolute Gasteiger partial charge is 0.269 e. The lowest BCUT2D eigenvalue weighted by Crippen LogP contribution is -2.34. The molecule has 1 aliphatic carbocycles. The molecule has 3 aromatic rings. The second kappa shape index (κ2) is 5.78. The standard InChI is InChI=1S/C16H16N6O3/c17-16(7-1-2-8-16)15-19-14(25-20-15)11-9-18-21(10-11)12-3-5-13(6-4-12)22(23)24/h3-6,9-10H,1-2,7-8,17H2. The number of hydrogen-bond donors (Lipinski definition) is 1. The van der Waals surface area contributed by atoms with Crippen molar-refractivity contribution < 1.29 is 9.45 Å². The van der Waals surface area contributed by atoms with E-state index in [0.29, 0.717) is 23.0 Å². The lowest BCUT2D eigenvalue weighted by atomic mass is 9.99. The monoisotopic (exact) mass is 340 g/mol. The summed E-state index contributed by atoms with van der Waals surface area (Å²) in [6, 6.07) is 6.11. The largest absolute Gasteiger partial charge is 0.334 e. The lowest BCUT2D eigenvalue weighted by molar-refractivity contribution is -0.384. The molecule has 9 nitrogen and oxygen atoms in total. The summed E-state index contributed by atoms with van der Waals surface area (Å²) in [4.78, 5) is 14.7. The molecule has 0 saturated heterocycles. The lowest BCUT2D eigenvalue weighted by Gasteiger charge is -2.17. The van der Waals surface area contributed by atoms with Gasteiger partial charge in [0.1, 0.15) is 0 Å². The minimum Gasteiger partial charge on any atom is -0.334 e. The fourth-order valence-corrected chi connectivity index (χ4v) is 3.07. The van der Waals surface area contributed by atoms with E-state index in [4.69, 9.17) is 10.3 Å². The molecular weight excluding hydrogens is 324 g/mol. The zero-order valence-electron chi connectivity index (χ0n) is 13.3. The molecule has 2 heterocycles. The van der Waals surface area contributed by atoms with Crippen LogP contribution < -0.4 is 5.73 Å². The summed E-state index contributed by atoms with van der Waals surface area (Å²) in [5, 5.41) is 19.0. The Bertz CT molecular complexity index is 908. The Morgan fingerprint density at radius 2 is 1.96 bits per heavy atom. The second-order valence-corrected chi connectivity index (χ2v) is 6.23. The predicted molar refractivity (Wildman–Crippen MR) is 87.8 cm³/mol. The molecule has 0 bridgehead atoms. The van der Waals surface area contributed by atoms with Gasteiger partial charge in [-0.05, 0) is 25.0 Å². The van der Waals surface area contributed by atoms with Gasteiger partial charge >= 0.3 is 0 Å². The van der Waals surface area contributed by atoms with Crippen LogP contribution in [0.2, 0.25) is 0 Å². The topological polar surface area (TPSA) is 126 Å². The van der Waals surface area contributed by atoms with Crippen LogP contribution in [-0.4, -0.2) is 24.8 Å². The van der Waals surface area contributed by atoms with E-state index in [2.05, 4.69) is 15.2 Å². The van der Waals surface area contributed by atoms with E-state index in [-0.39, 0.29) is 5.69 Å². The van der Waals surface area contributed by atoms with Crippen molar-refractivity contribution in [1.29, 1.82) is 0 Å². The summed E-state index contributed by atoms with van der Waals surface area (Å²) in [6.07, 6.45) is 7.19. The number of aromatic nitrogens is 4. The van der Waals surface area contributed by atoms with Crippen LogP contribution >= 0.6 is 0 Å². The maximum atomic E-state index is 10.7. The highest BCUT2D eigenvalue weighted by atomic mass is 16.6. The van der Waals surface area contributed by atoms with Crippen LogP contribution in [0.5, 0.6) is 0 Å². The highest BCUT2D eigenvalue weighted by Gasteiger charge is 2.36. The van der Waals surface area contributed by atoms with Crippen molar-refractivity contribution in [2.75, 3.05) is 0 Å². The summed E-state index contributed by atoms with van der Waals surface area (Å²) in [6.45, 7) is 0. The molecule has 2 aromatic heterocycles. The molecule has 25 heavy (non-hydrogen) atoms. The summed E-state index contributed by atoms with van der Waals surface area (Å²) in [5.41, 5.74) is 7.23. The SMILES string of the molecule is NC1(c2noc(-c3cnn(-c4ccc([N+](=O)[O-])cc4)c3)n2)CCCC1. The van der Waals surface area contributed by atoms with Gasteiger partial charge in [0.15, 0.2) is 5.82 Å². The van der Waals surface area contributed by atoms with Crippen molar-refractivity contribution in [3.63, 3.8) is 0 Å². The average molecular weight is 340 g/mol. The molecule has 2 N–H and O–H groups in total. The first-order valence-corrected chi connectivity index (χ1v) is 7.98. The first-order chi connectivity index (χ1) is 12.0. The predicted octanol–water partition coefficient (Wildman–Crippen LogP) is 2.56. The summed E-state index contributed by atoms with van der Waals surface area (Å²) >= 11 is 0. The maximum absolute atomic E-state index is 10.7. The number of non-ortho nitro benzene ring substituents is 1. The van der Waals surface area contributed by atoms with Gasteiger partial charge in [-0.3, -0.25) is 10.1 Å². The number of nitrogens with zero attached hydrogens (tertiary/aromatic N) is 5. The van der Waals surface area contributed by atoms with E-state index in [0.717, 1.165) is 25.7 Å². The van der Waals surface area contributed by atoms with Crippen LogP contribution in [0.25, 0.3) is 17.1 Å². The normalized spacial score (nSPS) is 16.2. The molecule has 128 valence electrons. The summed E-state index contributed by atoms with van der Waals surface area (Å²) < 4.78 is 6.94. The first-order valence-electron chi connectivity index (χ1n) is 7.98. The van der Waals surface area contributed by atoms with Crippen LogP contribution in [0.15, 0.2) is 41.2 Å². The highest BCUT2D eigenvalue weighted by molar-refractivity contribution is 5.52. The number of rotatable bonds is 4. The van der Waals surface area contributed by atoms with E-state index in [9.17, 15) is 10.1 Å². The highest BCUT2D eigenvalue weighted by Crippen LogP contribution is 2.35. The van der Waals surface area contributed by atoms with Gasteiger partial charge in [0, 0.05) is 18.3 Å². The molecule has 4 rings (SSSR count). The third-order valence-electron chi connectivity index (χ3n) is 4.52. The minimum absolute atomic E-state index is 0.0301. The average Bonchev–Trinajstić information content (AvgIpc) is 3.35. The first kappa shape index (κ1) is 15.5. The zero-order valence-corrected chi connectivity index (χ0v) is 13.3. The number of nitrogens with two attached hydrogens (primary N) is 1. The molecule has 1 saturated carbocycles. The molecule has 1 aliphatic rings. The summed E-state index contributed by atoms with van der Waals surface area (Å²) in [7, 11) is 0. The number of nitro benzene ring substituents is 1. The molecule has 1 aromatic carbocycles. The van der Waals surface area contributed by atoms with Crippen molar-refractivity contribution in [1.82, 2.24) is 19.9 Å². The molecule has 0 radical (unpaired) electrons. The maximum Gasteiger partial charge on any atom is 0.269 e. The van der Waals surface area contributed by atoms with Crippen molar-refractivity contribution >= 4 is 5.69 Å². The third-order valence-corrected chi connectivity index (χ3v) is 4.52. The number of nitro groups is 1. The van der Waals surface area contributed by atoms with Gasteiger partial charge < -0.3 is 10.3 Å². The van der Waals surface area contributed by atoms with Crippen LogP contribution in [0, 0.1) is 10.1 Å². The van der Waals surface area contributed by atoms with Crippen LogP contribution in [0.1, 0.15) is 31.5 Å².